The highest BCUT2D eigenvalue weighted by Gasteiger charge is 2.30. The molecule has 1 N–H and O–H groups in total. The summed E-state index contributed by atoms with van der Waals surface area (Å²) in [5.41, 5.74) is 0.743. The van der Waals surface area contributed by atoms with Gasteiger partial charge in [-0.25, -0.2) is 0 Å². The van der Waals surface area contributed by atoms with Crippen molar-refractivity contribution in [2.75, 3.05) is 0 Å². The Bertz CT molecular complexity index is 453. The van der Waals surface area contributed by atoms with Crippen LogP contribution < -0.4 is 5.32 Å². The minimum Gasteiger partial charge on any atom is -0.357 e. The first-order valence-corrected chi connectivity index (χ1v) is 5.81. The average Bonchev–Trinajstić information content (AvgIpc) is 2.60. The molecule has 0 aromatic heterocycles. The second-order valence-electron chi connectivity index (χ2n) is 4.11. The number of allylic oxidation sites excluding steroid dienone is 1. The number of hydrogen-bond donors (Lipinski definition) is 1. The molecule has 1 aliphatic heterocycles. The molecule has 98 valence electrons. The first-order chi connectivity index (χ1) is 8.38. The lowest BCUT2D eigenvalue weighted by atomic mass is 10.1. The molecule has 0 bridgehead atoms. The normalized spacial score (nSPS) is 19.7. The maximum absolute atomic E-state index is 12.4. The third kappa shape index (κ3) is 2.72. The Balaban J connectivity index is 2.09. The topological polar surface area (TPSA) is 15.3 Å². The van der Waals surface area contributed by atoms with Gasteiger partial charge in [-0.15, -0.1) is 0 Å². The molecule has 6 heteroatoms. The molecule has 0 saturated carbocycles. The molecule has 1 unspecified atom stereocenters. The molecule has 2 rings (SSSR count). The first-order valence-electron chi connectivity index (χ1n) is 5.37. The second-order valence-corrected chi connectivity index (χ2v) is 4.52. The highest BCUT2D eigenvalue weighted by molar-refractivity contribution is 6.20. The van der Waals surface area contributed by atoms with Gasteiger partial charge < -0.3 is 10.2 Å². The van der Waals surface area contributed by atoms with E-state index in [4.69, 9.17) is 11.6 Å². The summed E-state index contributed by atoms with van der Waals surface area (Å²) in [5, 5.41) is 2.92. The molecule has 0 radical (unpaired) electrons. The lowest BCUT2D eigenvalue weighted by molar-refractivity contribution is -0.137. The Labute approximate surface area is 108 Å². The highest BCUT2D eigenvalue weighted by Crippen LogP contribution is 2.29. The van der Waals surface area contributed by atoms with Crippen LogP contribution in [0, 0.1) is 0 Å². The van der Waals surface area contributed by atoms with Crippen LogP contribution in [0.4, 0.5) is 13.2 Å². The van der Waals surface area contributed by atoms with Crippen molar-refractivity contribution in [1.82, 2.24) is 10.2 Å². The van der Waals surface area contributed by atoms with Gasteiger partial charge in [0.2, 0.25) is 0 Å². The van der Waals surface area contributed by atoms with Crippen molar-refractivity contribution in [3.63, 3.8) is 0 Å². The van der Waals surface area contributed by atoms with Gasteiger partial charge in [0.25, 0.3) is 0 Å². The van der Waals surface area contributed by atoms with Gasteiger partial charge in [0, 0.05) is 18.4 Å². The Morgan fingerprint density at radius 1 is 1.28 bits per heavy atom. The molecule has 1 aromatic carbocycles. The summed E-state index contributed by atoms with van der Waals surface area (Å²) in [6, 6.07) is 5.11. The number of benzene rings is 1. The van der Waals surface area contributed by atoms with E-state index in [-0.39, 0.29) is 5.62 Å². The lowest BCUT2D eigenvalue weighted by Crippen LogP contribution is -2.30. The van der Waals surface area contributed by atoms with Gasteiger partial charge in [-0.2, -0.15) is 13.2 Å². The molecular formula is C12H12ClF3N2. The minimum absolute atomic E-state index is 0.354. The van der Waals surface area contributed by atoms with Crippen LogP contribution in [0.5, 0.6) is 0 Å². The van der Waals surface area contributed by atoms with E-state index in [1.807, 2.05) is 11.8 Å². The third-order valence-corrected chi connectivity index (χ3v) is 3.15. The van der Waals surface area contributed by atoms with E-state index in [1.165, 1.54) is 12.1 Å². The van der Waals surface area contributed by atoms with Gasteiger partial charge >= 0.3 is 6.18 Å². The summed E-state index contributed by atoms with van der Waals surface area (Å²) < 4.78 is 37.2. The molecule has 1 heterocycles. The fraction of sp³-hybridized carbons (Fsp3) is 0.333. The fourth-order valence-electron chi connectivity index (χ4n) is 1.74. The van der Waals surface area contributed by atoms with E-state index in [2.05, 4.69) is 5.32 Å². The van der Waals surface area contributed by atoms with Gasteiger partial charge in [0.05, 0.1) is 5.56 Å². The molecule has 0 spiro atoms. The number of rotatable bonds is 2. The van der Waals surface area contributed by atoms with Crippen molar-refractivity contribution < 1.29 is 13.2 Å². The van der Waals surface area contributed by atoms with Crippen LogP contribution in [0.3, 0.4) is 0 Å². The quantitative estimate of drug-likeness (QED) is 0.657. The first kappa shape index (κ1) is 13.1. The zero-order valence-corrected chi connectivity index (χ0v) is 10.4. The van der Waals surface area contributed by atoms with Gasteiger partial charge in [0.1, 0.15) is 0 Å². The van der Waals surface area contributed by atoms with E-state index >= 15 is 0 Å². The van der Waals surface area contributed by atoms with Crippen LogP contribution in [0.2, 0.25) is 0 Å². The molecule has 0 amide bonds. The molecule has 0 saturated heterocycles. The standard InChI is InChI=1S/C12H12ClF3N2/c1-8-6-17-11(13)18(8)7-9-2-4-10(5-3-9)12(14,15)16/h2-6,11,17H,7H2,1H3. The maximum atomic E-state index is 12.4. The molecule has 0 fully saturated rings. The van der Waals surface area contributed by atoms with Crippen molar-refractivity contribution in [1.29, 1.82) is 0 Å². The van der Waals surface area contributed by atoms with Crippen molar-refractivity contribution >= 4 is 11.6 Å². The van der Waals surface area contributed by atoms with Gasteiger partial charge in [-0.3, -0.25) is 0 Å². The SMILES string of the molecule is CC1=CNC(Cl)N1Cc1ccc(C(F)(F)F)cc1. The summed E-state index contributed by atoms with van der Waals surface area (Å²) in [6.45, 7) is 2.36. The van der Waals surface area contributed by atoms with Crippen LogP contribution in [-0.2, 0) is 12.7 Å². The number of hydrogen-bond acceptors (Lipinski definition) is 2. The Morgan fingerprint density at radius 2 is 1.89 bits per heavy atom. The average molecular weight is 277 g/mol. The summed E-state index contributed by atoms with van der Waals surface area (Å²) in [5.74, 6) is 0. The molecule has 1 atom stereocenters. The van der Waals surface area contributed by atoms with Crippen LogP contribution in [0.25, 0.3) is 0 Å². The number of nitrogens with zero attached hydrogens (tertiary/aromatic N) is 1. The molecule has 0 aliphatic carbocycles. The van der Waals surface area contributed by atoms with Gasteiger partial charge in [0.15, 0.2) is 5.62 Å². The van der Waals surface area contributed by atoms with E-state index in [0.717, 1.165) is 23.4 Å². The largest absolute Gasteiger partial charge is 0.416 e. The Hall–Kier alpha value is -1.36. The summed E-state index contributed by atoms with van der Waals surface area (Å²) in [6.07, 6.45) is -2.51. The van der Waals surface area contributed by atoms with E-state index in [1.54, 1.807) is 6.20 Å². The molecule has 1 aliphatic rings. The lowest BCUT2D eigenvalue weighted by Gasteiger charge is -2.23. The molecule has 18 heavy (non-hydrogen) atoms. The molecule has 1 aromatic rings. The summed E-state index contributed by atoms with van der Waals surface area (Å²) in [7, 11) is 0. The third-order valence-electron chi connectivity index (χ3n) is 2.79. The Kier molecular flexibility index (Phi) is 3.43. The van der Waals surface area contributed by atoms with Crippen molar-refractivity contribution in [3.05, 3.63) is 47.3 Å². The number of halogens is 4. The fourth-order valence-corrected chi connectivity index (χ4v) is 2.03. The van der Waals surface area contributed by atoms with Crippen LogP contribution in [-0.4, -0.2) is 10.5 Å². The summed E-state index contributed by atoms with van der Waals surface area (Å²) in [4.78, 5) is 1.87. The van der Waals surface area contributed by atoms with E-state index in [9.17, 15) is 13.2 Å². The summed E-state index contributed by atoms with van der Waals surface area (Å²) >= 11 is 6.01. The molecular weight excluding hydrogens is 265 g/mol. The van der Waals surface area contributed by atoms with E-state index in [0.29, 0.717) is 6.54 Å². The predicted octanol–water partition coefficient (Wildman–Crippen LogP) is 3.49. The predicted molar refractivity (Wildman–Crippen MR) is 63.5 cm³/mol. The zero-order valence-electron chi connectivity index (χ0n) is 9.63. The smallest absolute Gasteiger partial charge is 0.357 e. The van der Waals surface area contributed by atoms with Crippen LogP contribution >= 0.6 is 11.6 Å². The zero-order chi connectivity index (χ0) is 13.3. The Morgan fingerprint density at radius 3 is 2.33 bits per heavy atom. The van der Waals surface area contributed by atoms with Crippen molar-refractivity contribution in [3.8, 4) is 0 Å². The molecule has 2 nitrogen and oxygen atoms in total. The van der Waals surface area contributed by atoms with Crippen molar-refractivity contribution in [2.45, 2.75) is 25.3 Å². The maximum Gasteiger partial charge on any atom is 0.416 e. The number of alkyl halides is 4. The van der Waals surface area contributed by atoms with Crippen LogP contribution in [0.15, 0.2) is 36.2 Å². The highest BCUT2D eigenvalue weighted by atomic mass is 35.5. The minimum atomic E-state index is -4.29. The van der Waals surface area contributed by atoms with Crippen molar-refractivity contribution in [2.24, 2.45) is 0 Å². The number of nitrogens with one attached hydrogen (secondary N) is 1. The van der Waals surface area contributed by atoms with E-state index < -0.39 is 11.7 Å². The van der Waals surface area contributed by atoms with Gasteiger partial charge in [-0.1, -0.05) is 23.7 Å². The van der Waals surface area contributed by atoms with Gasteiger partial charge in [-0.05, 0) is 24.6 Å². The second kappa shape index (κ2) is 4.72. The van der Waals surface area contributed by atoms with Crippen LogP contribution in [0.1, 0.15) is 18.1 Å². The monoisotopic (exact) mass is 276 g/mol.